The lowest BCUT2D eigenvalue weighted by Gasteiger charge is -2.34. The molecule has 1 aliphatic heterocycles. The molecule has 1 fully saturated rings. The van der Waals surface area contributed by atoms with Gasteiger partial charge in [0.1, 0.15) is 0 Å². The molecule has 0 aromatic carbocycles. The normalized spacial score (nSPS) is 21.5. The van der Waals surface area contributed by atoms with Crippen LogP contribution in [0.2, 0.25) is 0 Å². The first-order chi connectivity index (χ1) is 5.56. The summed E-state index contributed by atoms with van der Waals surface area (Å²) >= 11 is 0. The zero-order chi connectivity index (χ0) is 9.19. The van der Waals surface area contributed by atoms with Crippen molar-refractivity contribution in [3.8, 4) is 0 Å². The number of β-amino-alcohol motifs (C(OH)–C–C–N with tert-alkyl or cyclic N) is 1. The fourth-order valence-electron chi connectivity index (χ4n) is 0.967. The van der Waals surface area contributed by atoms with Crippen molar-refractivity contribution in [2.75, 3.05) is 18.8 Å². The Morgan fingerprint density at radius 3 is 2.58 bits per heavy atom. The average Bonchev–Trinajstić information content (AvgIpc) is 1.95. The minimum absolute atomic E-state index is 0.0379. The lowest BCUT2D eigenvalue weighted by molar-refractivity contribution is 0.0550. The van der Waals surface area contributed by atoms with E-state index >= 15 is 0 Å². The van der Waals surface area contributed by atoms with Gasteiger partial charge in [0.15, 0.2) is 0 Å². The topological polar surface area (TPSA) is 57.6 Å². The third-order valence-corrected chi connectivity index (χ3v) is 3.46. The number of aliphatic hydroxyl groups excluding tert-OH is 1. The molecule has 0 amide bonds. The summed E-state index contributed by atoms with van der Waals surface area (Å²) in [6.45, 7) is 2.28. The van der Waals surface area contributed by atoms with Gasteiger partial charge in [0, 0.05) is 13.1 Å². The Bertz CT molecular complexity index is 264. The summed E-state index contributed by atoms with van der Waals surface area (Å²) in [4.78, 5) is 0. The predicted octanol–water partition coefficient (Wildman–Crippen LogP) is -0.431. The maximum Gasteiger partial charge on any atom is 0.217 e. The van der Waals surface area contributed by atoms with Crippen LogP contribution in [0.25, 0.3) is 0 Å². The van der Waals surface area contributed by atoms with E-state index in [1.54, 1.807) is 19.1 Å². The highest BCUT2D eigenvalue weighted by molar-refractivity contribution is 7.89. The maximum atomic E-state index is 11.3. The first kappa shape index (κ1) is 9.70. The van der Waals surface area contributed by atoms with E-state index in [1.165, 1.54) is 4.31 Å². The van der Waals surface area contributed by atoms with Crippen LogP contribution in [0.5, 0.6) is 0 Å². The van der Waals surface area contributed by atoms with Crippen molar-refractivity contribution in [3.63, 3.8) is 0 Å². The van der Waals surface area contributed by atoms with Gasteiger partial charge in [-0.2, -0.15) is 4.31 Å². The molecule has 1 rings (SSSR count). The van der Waals surface area contributed by atoms with E-state index in [0.717, 1.165) is 0 Å². The van der Waals surface area contributed by atoms with Crippen molar-refractivity contribution < 1.29 is 13.5 Å². The molecule has 0 aromatic heterocycles. The van der Waals surface area contributed by atoms with Crippen molar-refractivity contribution >= 4 is 10.0 Å². The van der Waals surface area contributed by atoms with Crippen molar-refractivity contribution in [2.45, 2.75) is 13.0 Å². The standard InChI is InChI=1S/C7H13NO3S/c1-2-3-4-12(10,11)8-5-7(9)6-8/h2-3,7,9H,4-6H2,1H3/b3-2+. The van der Waals surface area contributed by atoms with Crippen LogP contribution in [0.15, 0.2) is 12.2 Å². The molecule has 1 heterocycles. The number of nitrogens with zero attached hydrogens (tertiary/aromatic N) is 1. The fraction of sp³-hybridized carbons (Fsp3) is 0.714. The first-order valence-corrected chi connectivity index (χ1v) is 5.44. The second kappa shape index (κ2) is 3.55. The molecule has 0 aliphatic carbocycles. The summed E-state index contributed by atoms with van der Waals surface area (Å²) in [5, 5.41) is 8.88. The van der Waals surface area contributed by atoms with E-state index in [2.05, 4.69) is 0 Å². The van der Waals surface area contributed by atoms with E-state index in [1.807, 2.05) is 0 Å². The van der Waals surface area contributed by atoms with E-state index in [0.29, 0.717) is 0 Å². The largest absolute Gasteiger partial charge is 0.390 e. The van der Waals surface area contributed by atoms with Crippen LogP contribution in [0.4, 0.5) is 0 Å². The van der Waals surface area contributed by atoms with Crippen molar-refractivity contribution in [1.29, 1.82) is 0 Å². The molecule has 1 aliphatic rings. The minimum atomic E-state index is -3.13. The monoisotopic (exact) mass is 191 g/mol. The van der Waals surface area contributed by atoms with E-state index in [-0.39, 0.29) is 18.8 Å². The molecule has 0 radical (unpaired) electrons. The molecule has 0 spiro atoms. The molecule has 0 saturated carbocycles. The summed E-state index contributed by atoms with van der Waals surface area (Å²) in [6, 6.07) is 0. The third-order valence-electron chi connectivity index (χ3n) is 1.76. The van der Waals surface area contributed by atoms with Crippen molar-refractivity contribution in [2.24, 2.45) is 0 Å². The molecule has 4 nitrogen and oxygen atoms in total. The molecule has 12 heavy (non-hydrogen) atoms. The highest BCUT2D eigenvalue weighted by atomic mass is 32.2. The number of allylic oxidation sites excluding steroid dienone is 1. The molecule has 1 saturated heterocycles. The predicted molar refractivity (Wildman–Crippen MR) is 46.2 cm³/mol. The smallest absolute Gasteiger partial charge is 0.217 e. The first-order valence-electron chi connectivity index (χ1n) is 3.83. The Balaban J connectivity index is 2.50. The van der Waals surface area contributed by atoms with E-state index in [4.69, 9.17) is 5.11 Å². The summed E-state index contributed by atoms with van der Waals surface area (Å²) < 4.78 is 23.9. The molecule has 0 unspecified atom stereocenters. The van der Waals surface area contributed by atoms with Crippen LogP contribution in [0.1, 0.15) is 6.92 Å². The van der Waals surface area contributed by atoms with Gasteiger partial charge >= 0.3 is 0 Å². The van der Waals surface area contributed by atoms with Gasteiger partial charge in [-0.25, -0.2) is 8.42 Å². The van der Waals surface area contributed by atoms with Gasteiger partial charge in [-0.1, -0.05) is 12.2 Å². The number of sulfonamides is 1. The minimum Gasteiger partial charge on any atom is -0.390 e. The summed E-state index contributed by atoms with van der Waals surface area (Å²) in [7, 11) is -3.13. The molecule has 70 valence electrons. The number of hydrogen-bond acceptors (Lipinski definition) is 3. The second-order valence-electron chi connectivity index (χ2n) is 2.82. The number of hydrogen-bond donors (Lipinski definition) is 1. The van der Waals surface area contributed by atoms with Crippen LogP contribution in [-0.2, 0) is 10.0 Å². The SMILES string of the molecule is C/C=C/CS(=O)(=O)N1CC(O)C1. The lowest BCUT2D eigenvalue weighted by Crippen LogP contribution is -2.53. The lowest BCUT2D eigenvalue weighted by atomic mass is 10.2. The fourth-order valence-corrected chi connectivity index (χ4v) is 2.41. The zero-order valence-corrected chi connectivity index (χ0v) is 7.79. The molecular weight excluding hydrogens is 178 g/mol. The van der Waals surface area contributed by atoms with Gasteiger partial charge in [0.25, 0.3) is 0 Å². The van der Waals surface area contributed by atoms with Crippen LogP contribution in [0, 0.1) is 0 Å². The molecule has 5 heteroatoms. The zero-order valence-electron chi connectivity index (χ0n) is 6.97. The summed E-state index contributed by atoms with van der Waals surface area (Å²) in [5.74, 6) is 0.0379. The van der Waals surface area contributed by atoms with Gasteiger partial charge in [0.05, 0.1) is 11.9 Å². The number of aliphatic hydroxyl groups is 1. The van der Waals surface area contributed by atoms with Gasteiger partial charge < -0.3 is 5.11 Å². The highest BCUT2D eigenvalue weighted by Gasteiger charge is 2.33. The van der Waals surface area contributed by atoms with E-state index < -0.39 is 16.1 Å². The van der Waals surface area contributed by atoms with Crippen LogP contribution in [0.3, 0.4) is 0 Å². The Kier molecular flexibility index (Phi) is 2.87. The van der Waals surface area contributed by atoms with Gasteiger partial charge in [0.2, 0.25) is 10.0 Å². The number of rotatable bonds is 3. The summed E-state index contributed by atoms with van der Waals surface area (Å²) in [5.41, 5.74) is 0. The average molecular weight is 191 g/mol. The van der Waals surface area contributed by atoms with Crippen molar-refractivity contribution in [3.05, 3.63) is 12.2 Å². The van der Waals surface area contributed by atoms with Gasteiger partial charge in [-0.3, -0.25) is 0 Å². The van der Waals surface area contributed by atoms with Gasteiger partial charge in [-0.15, -0.1) is 0 Å². The second-order valence-corrected chi connectivity index (χ2v) is 4.83. The Labute approximate surface area is 72.5 Å². The Hall–Kier alpha value is -0.390. The van der Waals surface area contributed by atoms with Crippen LogP contribution in [-0.4, -0.2) is 42.8 Å². The molecule has 1 N–H and O–H groups in total. The third kappa shape index (κ3) is 2.06. The quantitative estimate of drug-likeness (QED) is 0.616. The summed E-state index contributed by atoms with van der Waals surface area (Å²) in [6.07, 6.45) is 2.83. The van der Waals surface area contributed by atoms with Crippen molar-refractivity contribution in [1.82, 2.24) is 4.31 Å². The molecule has 0 bridgehead atoms. The molecule has 0 aromatic rings. The van der Waals surface area contributed by atoms with Crippen LogP contribution < -0.4 is 0 Å². The molecular formula is C7H13NO3S. The van der Waals surface area contributed by atoms with Gasteiger partial charge in [-0.05, 0) is 6.92 Å². The van der Waals surface area contributed by atoms with Crippen LogP contribution >= 0.6 is 0 Å². The Morgan fingerprint density at radius 1 is 1.58 bits per heavy atom. The maximum absolute atomic E-state index is 11.3. The highest BCUT2D eigenvalue weighted by Crippen LogP contribution is 2.13. The van der Waals surface area contributed by atoms with E-state index in [9.17, 15) is 8.42 Å². The Morgan fingerprint density at radius 2 is 2.17 bits per heavy atom. The molecule has 0 atom stereocenters.